The van der Waals surface area contributed by atoms with Gasteiger partial charge in [-0.05, 0) is 49.4 Å². The lowest BCUT2D eigenvalue weighted by Crippen LogP contribution is -2.28. The fraction of sp³-hybridized carbons (Fsp3) is 0.176. The molecular formula is C17H18N2O5S. The molecule has 2 amide bonds. The average molecular weight is 362 g/mol. The molecular weight excluding hydrogens is 344 g/mol. The second kappa shape index (κ2) is 7.80. The predicted molar refractivity (Wildman–Crippen MR) is 93.0 cm³/mol. The summed E-state index contributed by atoms with van der Waals surface area (Å²) in [6.07, 6.45) is 0. The van der Waals surface area contributed by atoms with E-state index in [0.717, 1.165) is 6.92 Å². The van der Waals surface area contributed by atoms with E-state index in [0.29, 0.717) is 23.6 Å². The first-order chi connectivity index (χ1) is 11.8. The maximum atomic E-state index is 12.3. The number of hydrogen-bond donors (Lipinski definition) is 2. The molecule has 0 fully saturated rings. The molecule has 0 radical (unpaired) electrons. The summed E-state index contributed by atoms with van der Waals surface area (Å²) >= 11 is 0. The van der Waals surface area contributed by atoms with Crippen LogP contribution in [0.25, 0.3) is 0 Å². The molecule has 0 heterocycles. The molecule has 25 heavy (non-hydrogen) atoms. The summed E-state index contributed by atoms with van der Waals surface area (Å²) in [5, 5.41) is 2.67. The Morgan fingerprint density at radius 3 is 2.36 bits per heavy atom. The zero-order valence-corrected chi connectivity index (χ0v) is 14.6. The van der Waals surface area contributed by atoms with E-state index < -0.39 is 15.9 Å². The summed E-state index contributed by atoms with van der Waals surface area (Å²) in [5.74, 6) is -0.433. The van der Waals surface area contributed by atoms with Crippen molar-refractivity contribution in [3.8, 4) is 5.75 Å². The van der Waals surface area contributed by atoms with Crippen molar-refractivity contribution in [3.63, 3.8) is 0 Å². The number of sulfonamides is 1. The van der Waals surface area contributed by atoms with Gasteiger partial charge in [0, 0.05) is 18.2 Å². The maximum absolute atomic E-state index is 12.3. The van der Waals surface area contributed by atoms with Crippen LogP contribution in [0.5, 0.6) is 5.75 Å². The first-order valence-electron chi connectivity index (χ1n) is 7.49. The second-order valence-corrected chi connectivity index (χ2v) is 6.78. The van der Waals surface area contributed by atoms with Gasteiger partial charge in [0.15, 0.2) is 0 Å². The van der Waals surface area contributed by atoms with E-state index in [1.165, 1.54) is 24.3 Å². The van der Waals surface area contributed by atoms with Crippen molar-refractivity contribution in [2.45, 2.75) is 18.7 Å². The van der Waals surface area contributed by atoms with Crippen LogP contribution < -0.4 is 14.8 Å². The van der Waals surface area contributed by atoms with Crippen LogP contribution >= 0.6 is 0 Å². The van der Waals surface area contributed by atoms with Crippen molar-refractivity contribution in [1.82, 2.24) is 4.72 Å². The molecule has 2 rings (SSSR count). The van der Waals surface area contributed by atoms with E-state index in [2.05, 4.69) is 5.32 Å². The second-order valence-electron chi connectivity index (χ2n) is 5.10. The highest BCUT2D eigenvalue weighted by Gasteiger charge is 2.15. The van der Waals surface area contributed by atoms with E-state index in [-0.39, 0.29) is 10.8 Å². The van der Waals surface area contributed by atoms with Gasteiger partial charge in [0.05, 0.1) is 11.5 Å². The first-order valence-corrected chi connectivity index (χ1v) is 8.98. The van der Waals surface area contributed by atoms with Gasteiger partial charge in [0.25, 0.3) is 15.9 Å². The molecule has 0 saturated carbocycles. The summed E-state index contributed by atoms with van der Waals surface area (Å²) in [4.78, 5) is 23.1. The maximum Gasteiger partial charge on any atom is 0.264 e. The minimum absolute atomic E-state index is 0.0703. The Balaban J connectivity index is 2.12. The van der Waals surface area contributed by atoms with Crippen LogP contribution in [0.1, 0.15) is 24.2 Å². The van der Waals surface area contributed by atoms with Crippen molar-refractivity contribution < 1.29 is 22.7 Å². The number of carbonyl (C=O) groups excluding carboxylic acids is 2. The largest absolute Gasteiger partial charge is 0.494 e. The van der Waals surface area contributed by atoms with Gasteiger partial charge in [-0.3, -0.25) is 9.59 Å². The molecule has 0 aliphatic carbocycles. The van der Waals surface area contributed by atoms with Crippen molar-refractivity contribution in [2.75, 3.05) is 11.9 Å². The van der Waals surface area contributed by atoms with Gasteiger partial charge < -0.3 is 10.1 Å². The lowest BCUT2D eigenvalue weighted by molar-refractivity contribution is -0.117. The van der Waals surface area contributed by atoms with Gasteiger partial charge in [0.1, 0.15) is 5.75 Å². The third-order valence-electron chi connectivity index (χ3n) is 3.11. The van der Waals surface area contributed by atoms with E-state index in [4.69, 9.17) is 4.74 Å². The van der Waals surface area contributed by atoms with Crippen LogP contribution in [0.2, 0.25) is 0 Å². The van der Waals surface area contributed by atoms with Gasteiger partial charge >= 0.3 is 0 Å². The zero-order chi connectivity index (χ0) is 18.4. The third-order valence-corrected chi connectivity index (χ3v) is 4.56. The highest BCUT2D eigenvalue weighted by atomic mass is 32.2. The average Bonchev–Trinajstić information content (AvgIpc) is 2.55. The van der Waals surface area contributed by atoms with E-state index in [1.54, 1.807) is 24.3 Å². The number of amides is 2. The van der Waals surface area contributed by atoms with Gasteiger partial charge in [-0.25, -0.2) is 13.1 Å². The van der Waals surface area contributed by atoms with Crippen LogP contribution in [-0.4, -0.2) is 26.8 Å². The molecule has 2 aromatic rings. The minimum atomic E-state index is -3.90. The number of nitrogens with one attached hydrogen (secondary N) is 2. The number of ether oxygens (including phenoxy) is 1. The smallest absolute Gasteiger partial charge is 0.264 e. The molecule has 2 N–H and O–H groups in total. The SMILES string of the molecule is CCOc1cccc(C(=O)Nc2ccc(S(=O)(=O)NC(C)=O)cc2)c1. The fourth-order valence-corrected chi connectivity index (χ4v) is 3.05. The quantitative estimate of drug-likeness (QED) is 0.820. The Labute approximate surface area is 146 Å². The topological polar surface area (TPSA) is 102 Å². The molecule has 2 aromatic carbocycles. The number of anilines is 1. The number of carbonyl (C=O) groups is 2. The minimum Gasteiger partial charge on any atom is -0.494 e. The fourth-order valence-electron chi connectivity index (χ4n) is 2.06. The summed E-state index contributed by atoms with van der Waals surface area (Å²) in [6, 6.07) is 12.2. The molecule has 7 nitrogen and oxygen atoms in total. The monoisotopic (exact) mass is 362 g/mol. The van der Waals surface area contributed by atoms with Gasteiger partial charge in [-0.2, -0.15) is 0 Å². The van der Waals surface area contributed by atoms with Crippen molar-refractivity contribution in [3.05, 3.63) is 54.1 Å². The predicted octanol–water partition coefficient (Wildman–Crippen LogP) is 2.16. The molecule has 0 spiro atoms. The summed E-state index contributed by atoms with van der Waals surface area (Å²) in [7, 11) is -3.90. The van der Waals surface area contributed by atoms with Crippen LogP contribution in [0.15, 0.2) is 53.4 Å². The highest BCUT2D eigenvalue weighted by molar-refractivity contribution is 7.90. The highest BCUT2D eigenvalue weighted by Crippen LogP contribution is 2.17. The number of rotatable bonds is 6. The van der Waals surface area contributed by atoms with Crippen molar-refractivity contribution in [2.24, 2.45) is 0 Å². The van der Waals surface area contributed by atoms with E-state index >= 15 is 0 Å². The van der Waals surface area contributed by atoms with Gasteiger partial charge in [-0.15, -0.1) is 0 Å². The van der Waals surface area contributed by atoms with Crippen molar-refractivity contribution in [1.29, 1.82) is 0 Å². The van der Waals surface area contributed by atoms with E-state index in [9.17, 15) is 18.0 Å². The van der Waals surface area contributed by atoms with Crippen LogP contribution in [0.4, 0.5) is 5.69 Å². The molecule has 0 atom stereocenters. The van der Waals surface area contributed by atoms with Gasteiger partial charge in [0.2, 0.25) is 5.91 Å². The standard InChI is InChI=1S/C17H18N2O5S/c1-3-24-15-6-4-5-13(11-15)17(21)18-14-7-9-16(10-8-14)25(22,23)19-12(2)20/h4-11H,3H2,1-2H3,(H,18,21)(H,19,20). The Hall–Kier alpha value is -2.87. The molecule has 0 bridgehead atoms. The first kappa shape index (κ1) is 18.5. The van der Waals surface area contributed by atoms with Crippen LogP contribution in [-0.2, 0) is 14.8 Å². The summed E-state index contributed by atoms with van der Waals surface area (Å²) < 4.78 is 30.9. The Bertz CT molecular complexity index is 876. The Kier molecular flexibility index (Phi) is 5.76. The molecule has 0 aliphatic heterocycles. The molecule has 0 unspecified atom stereocenters. The lowest BCUT2D eigenvalue weighted by atomic mass is 10.2. The van der Waals surface area contributed by atoms with Crippen LogP contribution in [0.3, 0.4) is 0 Å². The summed E-state index contributed by atoms with van der Waals surface area (Å²) in [6.45, 7) is 3.46. The Morgan fingerprint density at radius 2 is 1.76 bits per heavy atom. The lowest BCUT2D eigenvalue weighted by Gasteiger charge is -2.09. The number of hydrogen-bond acceptors (Lipinski definition) is 5. The molecule has 132 valence electrons. The summed E-state index contributed by atoms with van der Waals surface area (Å²) in [5.41, 5.74) is 0.842. The zero-order valence-electron chi connectivity index (χ0n) is 13.8. The molecule has 0 aliphatic rings. The van der Waals surface area contributed by atoms with Crippen molar-refractivity contribution >= 4 is 27.5 Å². The number of benzene rings is 2. The molecule has 0 aromatic heterocycles. The normalized spacial score (nSPS) is 10.8. The molecule has 8 heteroatoms. The van der Waals surface area contributed by atoms with E-state index in [1.807, 2.05) is 11.6 Å². The Morgan fingerprint density at radius 1 is 1.08 bits per heavy atom. The molecule has 0 saturated heterocycles. The van der Waals surface area contributed by atoms with Gasteiger partial charge in [-0.1, -0.05) is 6.07 Å². The third kappa shape index (κ3) is 5.05. The van der Waals surface area contributed by atoms with Crippen LogP contribution in [0, 0.1) is 0 Å².